The highest BCUT2D eigenvalue weighted by molar-refractivity contribution is 5.11. The minimum absolute atomic E-state index is 1.04. The molecular formula is C8H13N. The summed E-state index contributed by atoms with van der Waals surface area (Å²) >= 11 is 0. The maximum atomic E-state index is 2.58. The minimum atomic E-state index is 1.04. The zero-order valence-corrected chi connectivity index (χ0v) is 5.88. The normalized spacial score (nSPS) is 62.3. The second-order valence-corrected chi connectivity index (χ2v) is 4.09. The van der Waals surface area contributed by atoms with Crippen LogP contribution in [0.1, 0.15) is 12.8 Å². The molecule has 4 aliphatic rings. The molecule has 4 rings (SSSR count). The third kappa shape index (κ3) is 0.362. The molecule has 0 spiro atoms. The summed E-state index contributed by atoms with van der Waals surface area (Å²) in [5, 5.41) is 0. The number of rotatable bonds is 0. The van der Waals surface area contributed by atoms with Crippen molar-refractivity contribution in [2.24, 2.45) is 17.8 Å². The number of nitrogens with zero attached hydrogens (tertiary/aromatic N) is 1. The van der Waals surface area contributed by atoms with Gasteiger partial charge in [-0.05, 0) is 37.6 Å². The van der Waals surface area contributed by atoms with Gasteiger partial charge in [-0.15, -0.1) is 0 Å². The van der Waals surface area contributed by atoms with Crippen LogP contribution < -0.4 is 0 Å². The molecule has 4 bridgehead atoms. The summed E-state index contributed by atoms with van der Waals surface area (Å²) in [6.07, 6.45) is 3.14. The third-order valence-electron chi connectivity index (χ3n) is 3.74. The molecule has 50 valence electrons. The molecule has 0 aromatic rings. The Hall–Kier alpha value is -0.0400. The smallest absolute Gasteiger partial charge is 0.0152 e. The lowest BCUT2D eigenvalue weighted by atomic mass is 9.78. The van der Waals surface area contributed by atoms with Crippen molar-refractivity contribution in [3.8, 4) is 0 Å². The highest BCUT2D eigenvalue weighted by atomic mass is 15.2. The SMILES string of the molecule is CN1CC2CC3CC2C31. The Morgan fingerprint density at radius 3 is 2.56 bits per heavy atom. The average Bonchev–Trinajstić information content (AvgIpc) is 2.22. The van der Waals surface area contributed by atoms with Crippen LogP contribution in [0, 0.1) is 17.8 Å². The predicted octanol–water partition coefficient (Wildman–Crippen LogP) is 0.956. The van der Waals surface area contributed by atoms with Gasteiger partial charge in [0.25, 0.3) is 0 Å². The van der Waals surface area contributed by atoms with Crippen molar-refractivity contribution in [3.05, 3.63) is 0 Å². The van der Waals surface area contributed by atoms with E-state index in [0.717, 1.165) is 23.8 Å². The minimum Gasteiger partial charge on any atom is -0.303 e. The first-order chi connectivity index (χ1) is 4.36. The van der Waals surface area contributed by atoms with Gasteiger partial charge in [0.05, 0.1) is 0 Å². The second kappa shape index (κ2) is 1.20. The van der Waals surface area contributed by atoms with Gasteiger partial charge in [-0.1, -0.05) is 0 Å². The largest absolute Gasteiger partial charge is 0.303 e. The fourth-order valence-corrected chi connectivity index (χ4v) is 3.44. The fourth-order valence-electron chi connectivity index (χ4n) is 3.44. The monoisotopic (exact) mass is 123 g/mol. The van der Waals surface area contributed by atoms with Crippen molar-refractivity contribution in [2.75, 3.05) is 13.6 Å². The molecule has 1 saturated heterocycles. The molecule has 0 aromatic carbocycles. The van der Waals surface area contributed by atoms with E-state index < -0.39 is 0 Å². The summed E-state index contributed by atoms with van der Waals surface area (Å²) in [5.41, 5.74) is 0. The van der Waals surface area contributed by atoms with Crippen LogP contribution in [0.2, 0.25) is 0 Å². The predicted molar refractivity (Wildman–Crippen MR) is 36.1 cm³/mol. The standard InChI is InChI=1S/C8H13N/c1-9-4-6-2-5-3-7(6)8(5)9/h5-8H,2-4H2,1H3. The second-order valence-electron chi connectivity index (χ2n) is 4.09. The first-order valence-electron chi connectivity index (χ1n) is 4.06. The lowest BCUT2D eigenvalue weighted by molar-refractivity contribution is 0.111. The zero-order valence-electron chi connectivity index (χ0n) is 5.88. The highest BCUT2D eigenvalue weighted by Crippen LogP contribution is 2.58. The summed E-state index contributed by atoms with van der Waals surface area (Å²) in [6, 6.07) is 1.04. The van der Waals surface area contributed by atoms with E-state index in [0.29, 0.717) is 0 Å². The Balaban J connectivity index is 2.00. The Bertz CT molecular complexity index is 153. The quantitative estimate of drug-likeness (QED) is 0.463. The highest BCUT2D eigenvalue weighted by Gasteiger charge is 2.59. The number of likely N-dealkylation sites (tertiary alicyclic amines) is 1. The molecule has 9 heavy (non-hydrogen) atoms. The van der Waals surface area contributed by atoms with Gasteiger partial charge >= 0.3 is 0 Å². The lowest BCUT2D eigenvalue weighted by Crippen LogP contribution is -2.42. The first kappa shape index (κ1) is 4.73. The maximum Gasteiger partial charge on any atom is 0.0152 e. The van der Waals surface area contributed by atoms with Crippen LogP contribution in [0.4, 0.5) is 0 Å². The molecule has 3 saturated carbocycles. The third-order valence-corrected chi connectivity index (χ3v) is 3.74. The molecule has 1 aliphatic heterocycles. The van der Waals surface area contributed by atoms with Gasteiger partial charge in [0, 0.05) is 12.6 Å². The van der Waals surface area contributed by atoms with Gasteiger partial charge < -0.3 is 4.90 Å². The molecule has 1 nitrogen and oxygen atoms in total. The van der Waals surface area contributed by atoms with Gasteiger partial charge in [0.15, 0.2) is 0 Å². The Kier molecular flexibility index (Phi) is 0.628. The van der Waals surface area contributed by atoms with E-state index in [2.05, 4.69) is 11.9 Å². The summed E-state index contributed by atoms with van der Waals surface area (Å²) < 4.78 is 0. The van der Waals surface area contributed by atoms with Crippen LogP contribution in [0.3, 0.4) is 0 Å². The van der Waals surface area contributed by atoms with Gasteiger partial charge in [-0.3, -0.25) is 0 Å². The average molecular weight is 123 g/mol. The van der Waals surface area contributed by atoms with Crippen molar-refractivity contribution >= 4 is 0 Å². The molecule has 1 heteroatoms. The van der Waals surface area contributed by atoms with Crippen LogP contribution >= 0.6 is 0 Å². The van der Waals surface area contributed by atoms with Crippen molar-refractivity contribution in [3.63, 3.8) is 0 Å². The van der Waals surface area contributed by atoms with E-state index in [4.69, 9.17) is 0 Å². The lowest BCUT2D eigenvalue weighted by Gasteiger charge is -2.38. The first-order valence-corrected chi connectivity index (χ1v) is 4.06. The van der Waals surface area contributed by atoms with E-state index in [-0.39, 0.29) is 0 Å². The van der Waals surface area contributed by atoms with E-state index >= 15 is 0 Å². The van der Waals surface area contributed by atoms with E-state index in [9.17, 15) is 0 Å². The summed E-state index contributed by atoms with van der Waals surface area (Å²) in [6.45, 7) is 1.41. The summed E-state index contributed by atoms with van der Waals surface area (Å²) in [4.78, 5) is 2.58. The molecular weight excluding hydrogens is 110 g/mol. The van der Waals surface area contributed by atoms with Crippen LogP contribution in [0.15, 0.2) is 0 Å². The van der Waals surface area contributed by atoms with Crippen LogP contribution in [-0.4, -0.2) is 24.5 Å². The fraction of sp³-hybridized carbons (Fsp3) is 1.00. The van der Waals surface area contributed by atoms with Gasteiger partial charge in [0.1, 0.15) is 0 Å². The molecule has 4 unspecified atom stereocenters. The van der Waals surface area contributed by atoms with E-state index in [1.165, 1.54) is 6.54 Å². The Labute approximate surface area is 56.0 Å². The van der Waals surface area contributed by atoms with Gasteiger partial charge in [-0.2, -0.15) is 0 Å². The molecule has 4 atom stereocenters. The number of hydrogen-bond acceptors (Lipinski definition) is 1. The molecule has 1 heterocycles. The Morgan fingerprint density at radius 2 is 2.11 bits per heavy atom. The van der Waals surface area contributed by atoms with Gasteiger partial charge in [-0.25, -0.2) is 0 Å². The van der Waals surface area contributed by atoms with Crippen molar-refractivity contribution in [1.82, 2.24) is 4.90 Å². The van der Waals surface area contributed by atoms with Gasteiger partial charge in [0.2, 0.25) is 0 Å². The van der Waals surface area contributed by atoms with Crippen LogP contribution in [0.25, 0.3) is 0 Å². The van der Waals surface area contributed by atoms with E-state index in [1.807, 2.05) is 0 Å². The van der Waals surface area contributed by atoms with Crippen LogP contribution in [-0.2, 0) is 0 Å². The molecule has 0 amide bonds. The molecule has 0 N–H and O–H groups in total. The van der Waals surface area contributed by atoms with Crippen molar-refractivity contribution in [2.45, 2.75) is 18.9 Å². The van der Waals surface area contributed by atoms with Crippen molar-refractivity contribution in [1.29, 1.82) is 0 Å². The molecule has 4 fully saturated rings. The van der Waals surface area contributed by atoms with Crippen LogP contribution in [0.5, 0.6) is 0 Å². The summed E-state index contributed by atoms with van der Waals surface area (Å²) in [5.74, 6) is 3.38. The van der Waals surface area contributed by atoms with E-state index in [1.54, 1.807) is 12.8 Å². The molecule has 0 aromatic heterocycles. The number of piperidine rings is 1. The molecule has 0 radical (unpaired) electrons. The summed E-state index contributed by atoms with van der Waals surface area (Å²) in [7, 11) is 2.29. The maximum absolute atomic E-state index is 2.58. The van der Waals surface area contributed by atoms with Crippen molar-refractivity contribution < 1.29 is 0 Å². The molecule has 3 aliphatic carbocycles. The topological polar surface area (TPSA) is 3.24 Å². The Morgan fingerprint density at radius 1 is 1.22 bits per heavy atom. The zero-order chi connectivity index (χ0) is 6.01. The number of hydrogen-bond donors (Lipinski definition) is 0.